The largest absolute Gasteiger partial charge is 0.497 e. The van der Waals surface area contributed by atoms with E-state index in [1.807, 2.05) is 60.3 Å². The van der Waals surface area contributed by atoms with E-state index >= 15 is 0 Å². The van der Waals surface area contributed by atoms with Gasteiger partial charge in [-0.05, 0) is 98.2 Å². The summed E-state index contributed by atoms with van der Waals surface area (Å²) in [7, 11) is 1.63. The van der Waals surface area contributed by atoms with Gasteiger partial charge in [-0.1, -0.05) is 11.6 Å². The summed E-state index contributed by atoms with van der Waals surface area (Å²) in [5, 5.41) is 22.1. The predicted octanol–water partition coefficient (Wildman–Crippen LogP) is 6.31. The Balaban J connectivity index is 1.34. The minimum Gasteiger partial charge on any atom is -0.497 e. The van der Waals surface area contributed by atoms with Crippen LogP contribution in [0.1, 0.15) is 43.8 Å². The van der Waals surface area contributed by atoms with Crippen LogP contribution >= 0.6 is 23.4 Å². The number of carboxylic acid groups (broad SMARTS) is 1. The Hall–Kier alpha value is -2.32. The molecule has 1 aromatic heterocycles. The first-order valence-corrected chi connectivity index (χ1v) is 14.2. The Kier molecular flexibility index (Phi) is 10.1. The zero-order valence-corrected chi connectivity index (χ0v) is 22.8. The van der Waals surface area contributed by atoms with Gasteiger partial charge in [0, 0.05) is 46.8 Å². The Morgan fingerprint density at radius 2 is 2.00 bits per heavy atom. The molecule has 8 heteroatoms. The van der Waals surface area contributed by atoms with E-state index in [2.05, 4.69) is 9.88 Å². The van der Waals surface area contributed by atoms with Crippen molar-refractivity contribution >= 4 is 40.2 Å². The SMILES string of the molecule is COc1ccc2nccc([C@@H](O)CCC3CCN(CCSc4ccc(Cl)cc4)CC3CCC(=O)O)c2c1. The quantitative estimate of drug-likeness (QED) is 0.260. The van der Waals surface area contributed by atoms with E-state index in [-0.39, 0.29) is 6.42 Å². The number of hydrogen-bond acceptors (Lipinski definition) is 6. The van der Waals surface area contributed by atoms with Crippen LogP contribution in [0, 0.1) is 11.8 Å². The molecule has 0 saturated carbocycles. The maximum Gasteiger partial charge on any atom is 0.303 e. The standard InChI is InChI=1S/C29H35ClN2O4S/c1-36-23-6-9-27-26(18-23)25(12-14-31-27)28(33)10-2-20-13-15-32(19-21(20)3-11-29(34)35)16-17-37-24-7-4-22(30)5-8-24/h4-9,12,14,18,20-21,28,33H,2-3,10-11,13,15-17,19H2,1H3,(H,34,35)/t20?,21?,28-/m0/s1. The molecule has 0 bridgehead atoms. The van der Waals surface area contributed by atoms with Crippen molar-refractivity contribution < 1.29 is 19.7 Å². The fraction of sp³-hybridized carbons (Fsp3) is 0.448. The summed E-state index contributed by atoms with van der Waals surface area (Å²) in [4.78, 5) is 19.4. The van der Waals surface area contributed by atoms with Crippen molar-refractivity contribution in [2.75, 3.05) is 32.5 Å². The van der Waals surface area contributed by atoms with Gasteiger partial charge in [0.1, 0.15) is 5.75 Å². The number of benzene rings is 2. The van der Waals surface area contributed by atoms with Crippen LogP contribution in [0.15, 0.2) is 59.6 Å². The molecule has 6 nitrogen and oxygen atoms in total. The van der Waals surface area contributed by atoms with Gasteiger partial charge in [0.05, 0.1) is 18.7 Å². The number of aliphatic carboxylic acids is 1. The van der Waals surface area contributed by atoms with Crippen molar-refractivity contribution in [1.82, 2.24) is 9.88 Å². The van der Waals surface area contributed by atoms with Gasteiger partial charge in [-0.15, -0.1) is 11.8 Å². The van der Waals surface area contributed by atoms with Crippen molar-refractivity contribution in [2.24, 2.45) is 11.8 Å². The molecule has 3 atom stereocenters. The lowest BCUT2D eigenvalue weighted by molar-refractivity contribution is -0.137. The van der Waals surface area contributed by atoms with E-state index in [1.54, 1.807) is 13.3 Å². The number of likely N-dealkylation sites (tertiary alicyclic amines) is 1. The second-order valence-corrected chi connectivity index (χ2v) is 11.3. The maximum absolute atomic E-state index is 11.3. The number of carboxylic acids is 1. The molecule has 4 rings (SSSR count). The van der Waals surface area contributed by atoms with Crippen molar-refractivity contribution in [1.29, 1.82) is 0 Å². The molecular weight excluding hydrogens is 508 g/mol. The topological polar surface area (TPSA) is 82.9 Å². The first-order chi connectivity index (χ1) is 17.9. The number of piperidine rings is 1. The number of aliphatic hydroxyl groups is 1. The monoisotopic (exact) mass is 542 g/mol. The number of halogens is 1. The number of rotatable bonds is 12. The molecule has 0 radical (unpaired) electrons. The second kappa shape index (κ2) is 13.5. The highest BCUT2D eigenvalue weighted by Gasteiger charge is 2.30. The van der Waals surface area contributed by atoms with Crippen LogP contribution in [-0.4, -0.2) is 58.6 Å². The average molecular weight is 543 g/mol. The number of thioether (sulfide) groups is 1. The molecule has 1 fully saturated rings. The average Bonchev–Trinajstić information content (AvgIpc) is 2.91. The summed E-state index contributed by atoms with van der Waals surface area (Å²) in [6.07, 6.45) is 4.52. The molecule has 2 unspecified atom stereocenters. The molecule has 0 spiro atoms. The fourth-order valence-corrected chi connectivity index (χ4v) is 6.33. The van der Waals surface area contributed by atoms with Crippen LogP contribution < -0.4 is 4.74 Å². The number of aliphatic hydroxyl groups excluding tert-OH is 1. The number of aromatic nitrogens is 1. The zero-order valence-electron chi connectivity index (χ0n) is 21.2. The van der Waals surface area contributed by atoms with E-state index in [4.69, 9.17) is 16.3 Å². The Bertz CT molecular complexity index is 1180. The number of fused-ring (bicyclic) bond motifs is 1. The molecular formula is C29H35ClN2O4S. The number of methoxy groups -OCH3 is 1. The Morgan fingerprint density at radius 3 is 2.76 bits per heavy atom. The molecule has 2 aromatic carbocycles. The predicted molar refractivity (Wildman–Crippen MR) is 150 cm³/mol. The van der Waals surface area contributed by atoms with Crippen molar-refractivity contribution in [3.05, 3.63) is 65.3 Å². The summed E-state index contributed by atoms with van der Waals surface area (Å²) < 4.78 is 5.37. The molecule has 37 heavy (non-hydrogen) atoms. The van der Waals surface area contributed by atoms with Gasteiger partial charge in [0.15, 0.2) is 0 Å². The van der Waals surface area contributed by atoms with E-state index in [1.165, 1.54) is 4.90 Å². The third-order valence-corrected chi connectivity index (χ3v) is 8.59. The highest BCUT2D eigenvalue weighted by molar-refractivity contribution is 7.99. The molecule has 2 N–H and O–H groups in total. The highest BCUT2D eigenvalue weighted by Crippen LogP contribution is 2.35. The Morgan fingerprint density at radius 1 is 1.19 bits per heavy atom. The van der Waals surface area contributed by atoms with Crippen LogP contribution in [0.5, 0.6) is 5.75 Å². The molecule has 2 heterocycles. The first-order valence-electron chi connectivity index (χ1n) is 12.9. The van der Waals surface area contributed by atoms with E-state index in [0.29, 0.717) is 24.7 Å². The van der Waals surface area contributed by atoms with E-state index in [9.17, 15) is 15.0 Å². The summed E-state index contributed by atoms with van der Waals surface area (Å²) >= 11 is 7.80. The van der Waals surface area contributed by atoms with Crippen LogP contribution in [0.2, 0.25) is 5.02 Å². The zero-order chi connectivity index (χ0) is 26.2. The lowest BCUT2D eigenvalue weighted by Gasteiger charge is -2.39. The molecule has 1 aliphatic rings. The van der Waals surface area contributed by atoms with Crippen LogP contribution in [-0.2, 0) is 4.79 Å². The summed E-state index contributed by atoms with van der Waals surface area (Å²) in [6.45, 7) is 2.88. The van der Waals surface area contributed by atoms with E-state index < -0.39 is 12.1 Å². The number of hydrogen-bond donors (Lipinski definition) is 2. The van der Waals surface area contributed by atoms with Gasteiger partial charge >= 0.3 is 5.97 Å². The first kappa shape index (κ1) is 27.7. The van der Waals surface area contributed by atoms with Gasteiger partial charge in [0.25, 0.3) is 0 Å². The lowest BCUT2D eigenvalue weighted by atomic mass is 9.79. The number of nitrogens with zero attached hydrogens (tertiary/aromatic N) is 2. The fourth-order valence-electron chi connectivity index (χ4n) is 5.29. The normalized spacial score (nSPS) is 19.1. The number of ether oxygens (including phenoxy) is 1. The molecule has 1 aliphatic heterocycles. The molecule has 0 aliphatic carbocycles. The second-order valence-electron chi connectivity index (χ2n) is 9.72. The van der Waals surface area contributed by atoms with Crippen LogP contribution in [0.3, 0.4) is 0 Å². The Labute approximate surface area is 228 Å². The van der Waals surface area contributed by atoms with Crippen LogP contribution in [0.4, 0.5) is 0 Å². The van der Waals surface area contributed by atoms with Crippen molar-refractivity contribution in [2.45, 2.75) is 43.1 Å². The number of carbonyl (C=O) groups is 1. The van der Waals surface area contributed by atoms with Gasteiger partial charge in [0.2, 0.25) is 0 Å². The summed E-state index contributed by atoms with van der Waals surface area (Å²) in [5.74, 6) is 1.69. The van der Waals surface area contributed by atoms with Crippen LogP contribution in [0.25, 0.3) is 10.9 Å². The number of pyridine rings is 1. The summed E-state index contributed by atoms with van der Waals surface area (Å²) in [6, 6.07) is 15.5. The van der Waals surface area contributed by atoms with Gasteiger partial charge in [-0.3, -0.25) is 9.78 Å². The van der Waals surface area contributed by atoms with Crippen molar-refractivity contribution in [3.8, 4) is 5.75 Å². The van der Waals surface area contributed by atoms with Crippen molar-refractivity contribution in [3.63, 3.8) is 0 Å². The molecule has 0 amide bonds. The van der Waals surface area contributed by atoms with Gasteiger partial charge < -0.3 is 19.8 Å². The smallest absolute Gasteiger partial charge is 0.303 e. The minimum atomic E-state index is -0.744. The molecule has 1 saturated heterocycles. The highest BCUT2D eigenvalue weighted by atomic mass is 35.5. The third-order valence-electron chi connectivity index (χ3n) is 7.35. The van der Waals surface area contributed by atoms with Gasteiger partial charge in [-0.2, -0.15) is 0 Å². The molecule has 3 aromatic rings. The lowest BCUT2D eigenvalue weighted by Crippen LogP contribution is -2.41. The third kappa shape index (κ3) is 7.84. The summed E-state index contributed by atoms with van der Waals surface area (Å²) in [5.41, 5.74) is 1.70. The van der Waals surface area contributed by atoms with E-state index in [0.717, 1.165) is 65.5 Å². The molecule has 198 valence electrons. The maximum atomic E-state index is 11.3. The van der Waals surface area contributed by atoms with Gasteiger partial charge in [-0.25, -0.2) is 0 Å². The minimum absolute atomic E-state index is 0.186.